The van der Waals surface area contributed by atoms with Crippen LogP contribution in [0.5, 0.6) is 0 Å². The Morgan fingerprint density at radius 3 is 2.34 bits per heavy atom. The summed E-state index contributed by atoms with van der Waals surface area (Å²) in [4.78, 5) is 26.9. The second kappa shape index (κ2) is 11.8. The van der Waals surface area contributed by atoms with Crippen LogP contribution in [0.2, 0.25) is 10.0 Å². The minimum Gasteiger partial charge on any atom is -0.355 e. The van der Waals surface area contributed by atoms with Crippen LogP contribution in [0.1, 0.15) is 25.0 Å². The SMILES string of the molecule is CCNC(=O)[C@@H](C)N(Cc1ccc(Br)cc1)C(=O)CSCc1c(Cl)cccc1Cl. The van der Waals surface area contributed by atoms with Crippen LogP contribution in [0.15, 0.2) is 46.9 Å². The van der Waals surface area contributed by atoms with Crippen molar-refractivity contribution in [2.75, 3.05) is 12.3 Å². The van der Waals surface area contributed by atoms with Gasteiger partial charge in [0.1, 0.15) is 6.04 Å². The second-order valence-corrected chi connectivity index (χ2v) is 9.13. The van der Waals surface area contributed by atoms with Crippen molar-refractivity contribution in [1.82, 2.24) is 10.2 Å². The molecule has 0 aliphatic rings. The first-order chi connectivity index (χ1) is 13.8. The molecule has 0 radical (unpaired) electrons. The highest BCUT2D eigenvalue weighted by Crippen LogP contribution is 2.28. The van der Waals surface area contributed by atoms with Crippen molar-refractivity contribution >= 4 is 62.7 Å². The Labute approximate surface area is 194 Å². The molecule has 0 aliphatic heterocycles. The lowest BCUT2D eigenvalue weighted by molar-refractivity contribution is -0.138. The number of amides is 2. The van der Waals surface area contributed by atoms with Gasteiger partial charge in [-0.05, 0) is 49.2 Å². The van der Waals surface area contributed by atoms with Crippen molar-refractivity contribution in [3.63, 3.8) is 0 Å². The summed E-state index contributed by atoms with van der Waals surface area (Å²) in [5, 5.41) is 3.96. The Hall–Kier alpha value is -1.21. The van der Waals surface area contributed by atoms with E-state index < -0.39 is 6.04 Å². The molecule has 8 heteroatoms. The topological polar surface area (TPSA) is 49.4 Å². The monoisotopic (exact) mass is 516 g/mol. The van der Waals surface area contributed by atoms with E-state index in [0.717, 1.165) is 15.6 Å². The number of hydrogen-bond acceptors (Lipinski definition) is 3. The van der Waals surface area contributed by atoms with Crippen molar-refractivity contribution in [2.45, 2.75) is 32.2 Å². The van der Waals surface area contributed by atoms with E-state index in [9.17, 15) is 9.59 Å². The number of carbonyl (C=O) groups excluding carboxylic acids is 2. The van der Waals surface area contributed by atoms with Crippen LogP contribution < -0.4 is 5.32 Å². The summed E-state index contributed by atoms with van der Waals surface area (Å²) < 4.78 is 0.961. The normalized spacial score (nSPS) is 11.8. The Balaban J connectivity index is 2.08. The van der Waals surface area contributed by atoms with Gasteiger partial charge in [0.15, 0.2) is 0 Å². The molecule has 0 aliphatic carbocycles. The molecule has 2 aromatic rings. The van der Waals surface area contributed by atoms with E-state index in [-0.39, 0.29) is 17.6 Å². The lowest BCUT2D eigenvalue weighted by Gasteiger charge is -2.28. The quantitative estimate of drug-likeness (QED) is 0.474. The second-order valence-electron chi connectivity index (χ2n) is 6.41. The van der Waals surface area contributed by atoms with Crippen LogP contribution in [0.25, 0.3) is 0 Å². The van der Waals surface area contributed by atoms with Crippen molar-refractivity contribution in [2.24, 2.45) is 0 Å². The first-order valence-corrected chi connectivity index (χ1v) is 11.9. The predicted octanol–water partition coefficient (Wildman–Crippen LogP) is 5.54. The van der Waals surface area contributed by atoms with Gasteiger partial charge in [-0.3, -0.25) is 9.59 Å². The molecule has 29 heavy (non-hydrogen) atoms. The fourth-order valence-corrected chi connectivity index (χ4v) is 4.60. The number of nitrogens with one attached hydrogen (secondary N) is 1. The number of thioether (sulfide) groups is 1. The molecule has 156 valence electrons. The highest BCUT2D eigenvalue weighted by atomic mass is 79.9. The zero-order valence-electron chi connectivity index (χ0n) is 16.3. The first kappa shape index (κ1) is 24.1. The molecule has 2 rings (SSSR count). The molecule has 4 nitrogen and oxygen atoms in total. The molecule has 0 aromatic heterocycles. The summed E-state index contributed by atoms with van der Waals surface area (Å²) in [5.41, 5.74) is 1.77. The Bertz CT molecular complexity index is 829. The van der Waals surface area contributed by atoms with E-state index in [0.29, 0.717) is 28.9 Å². The first-order valence-electron chi connectivity index (χ1n) is 9.15. The Morgan fingerprint density at radius 2 is 1.76 bits per heavy atom. The van der Waals surface area contributed by atoms with Gasteiger partial charge in [0, 0.05) is 33.4 Å². The van der Waals surface area contributed by atoms with Gasteiger partial charge >= 0.3 is 0 Å². The van der Waals surface area contributed by atoms with Gasteiger partial charge in [-0.1, -0.05) is 57.3 Å². The maximum Gasteiger partial charge on any atom is 0.242 e. The van der Waals surface area contributed by atoms with Crippen LogP contribution in [0.3, 0.4) is 0 Å². The molecule has 0 unspecified atom stereocenters. The summed E-state index contributed by atoms with van der Waals surface area (Å²) in [5.74, 6) is 0.463. The van der Waals surface area contributed by atoms with E-state index in [1.807, 2.05) is 31.2 Å². The van der Waals surface area contributed by atoms with Gasteiger partial charge < -0.3 is 10.2 Å². The van der Waals surface area contributed by atoms with E-state index in [2.05, 4.69) is 21.2 Å². The van der Waals surface area contributed by atoms with Gasteiger partial charge in [0.05, 0.1) is 5.75 Å². The summed E-state index contributed by atoms with van der Waals surface area (Å²) in [7, 11) is 0. The fourth-order valence-electron chi connectivity index (χ4n) is 2.68. The van der Waals surface area contributed by atoms with E-state index in [4.69, 9.17) is 23.2 Å². The smallest absolute Gasteiger partial charge is 0.242 e. The maximum absolute atomic E-state index is 13.0. The number of likely N-dealkylation sites (N-methyl/N-ethyl adjacent to an activating group) is 1. The molecule has 1 atom stereocenters. The molecule has 0 bridgehead atoms. The van der Waals surface area contributed by atoms with Crippen LogP contribution in [0, 0.1) is 0 Å². The third-order valence-corrected chi connectivity index (χ3v) is 6.50. The number of hydrogen-bond donors (Lipinski definition) is 1. The van der Waals surface area contributed by atoms with E-state index in [1.54, 1.807) is 30.0 Å². The van der Waals surface area contributed by atoms with Gasteiger partial charge in [-0.15, -0.1) is 11.8 Å². The van der Waals surface area contributed by atoms with Gasteiger partial charge in [-0.25, -0.2) is 0 Å². The highest BCUT2D eigenvalue weighted by Gasteiger charge is 2.25. The zero-order valence-corrected chi connectivity index (χ0v) is 20.2. The maximum atomic E-state index is 13.0. The summed E-state index contributed by atoms with van der Waals surface area (Å²) in [6.45, 7) is 4.48. The van der Waals surface area contributed by atoms with Crippen molar-refractivity contribution < 1.29 is 9.59 Å². The number of rotatable bonds is 9. The number of carbonyl (C=O) groups is 2. The minimum absolute atomic E-state index is 0.111. The van der Waals surface area contributed by atoms with Crippen molar-refractivity contribution in [1.29, 1.82) is 0 Å². The fraction of sp³-hybridized carbons (Fsp3) is 0.333. The van der Waals surface area contributed by atoms with Gasteiger partial charge in [0.25, 0.3) is 0 Å². The molecule has 0 spiro atoms. The van der Waals surface area contributed by atoms with Gasteiger partial charge in [0.2, 0.25) is 11.8 Å². The zero-order chi connectivity index (χ0) is 21.4. The van der Waals surface area contributed by atoms with Crippen LogP contribution in [0.4, 0.5) is 0 Å². The number of benzene rings is 2. The summed E-state index contributed by atoms with van der Waals surface area (Å²) in [6.07, 6.45) is 0. The molecule has 0 saturated carbocycles. The molecule has 0 saturated heterocycles. The Morgan fingerprint density at radius 1 is 1.14 bits per heavy atom. The van der Waals surface area contributed by atoms with Crippen LogP contribution >= 0.6 is 50.9 Å². The third-order valence-electron chi connectivity index (χ3n) is 4.32. The molecular weight excluding hydrogens is 495 g/mol. The molecule has 1 N–H and O–H groups in total. The highest BCUT2D eigenvalue weighted by molar-refractivity contribution is 9.10. The van der Waals surface area contributed by atoms with Crippen molar-refractivity contribution in [3.8, 4) is 0 Å². The lowest BCUT2D eigenvalue weighted by Crippen LogP contribution is -2.48. The Kier molecular flexibility index (Phi) is 9.83. The standard InChI is InChI=1S/C21H23BrCl2N2O2S/c1-3-25-21(28)14(2)26(11-15-7-9-16(22)10-8-15)20(27)13-29-12-17-18(23)5-4-6-19(17)24/h4-10,14H,3,11-13H2,1-2H3,(H,25,28)/t14-/m1/s1. The average Bonchev–Trinajstić information content (AvgIpc) is 2.69. The minimum atomic E-state index is -0.574. The third kappa shape index (κ3) is 7.21. The number of halogens is 3. The molecular formula is C21H23BrCl2N2O2S. The van der Waals surface area contributed by atoms with Crippen LogP contribution in [-0.2, 0) is 21.9 Å². The van der Waals surface area contributed by atoms with Crippen LogP contribution in [-0.4, -0.2) is 35.1 Å². The predicted molar refractivity (Wildman–Crippen MR) is 125 cm³/mol. The molecule has 2 aromatic carbocycles. The summed E-state index contributed by atoms with van der Waals surface area (Å²) in [6, 6.07) is 12.5. The van der Waals surface area contributed by atoms with E-state index >= 15 is 0 Å². The van der Waals surface area contributed by atoms with Crippen molar-refractivity contribution in [3.05, 3.63) is 68.1 Å². The number of nitrogens with zero attached hydrogens (tertiary/aromatic N) is 1. The largest absolute Gasteiger partial charge is 0.355 e. The van der Waals surface area contributed by atoms with E-state index in [1.165, 1.54) is 11.8 Å². The molecule has 0 fully saturated rings. The average molecular weight is 518 g/mol. The molecule has 0 heterocycles. The summed E-state index contributed by atoms with van der Waals surface area (Å²) >= 11 is 17.2. The molecule has 2 amide bonds. The lowest BCUT2D eigenvalue weighted by atomic mass is 10.1. The van der Waals surface area contributed by atoms with Gasteiger partial charge in [-0.2, -0.15) is 0 Å².